The van der Waals surface area contributed by atoms with Crippen molar-refractivity contribution in [3.8, 4) is 0 Å². The third-order valence-corrected chi connectivity index (χ3v) is 7.16. The summed E-state index contributed by atoms with van der Waals surface area (Å²) in [5.41, 5.74) is -0.186. The van der Waals surface area contributed by atoms with E-state index in [9.17, 15) is 13.2 Å². The van der Waals surface area contributed by atoms with Crippen LogP contribution in [0, 0.1) is 23.2 Å². The van der Waals surface area contributed by atoms with Crippen LogP contribution in [0.15, 0.2) is 11.5 Å². The molecule has 1 aliphatic heterocycles. The summed E-state index contributed by atoms with van der Waals surface area (Å²) in [5, 5.41) is 4.22. The third kappa shape index (κ3) is 2.01. The molecule has 5 heteroatoms. The number of amides is 1. The fourth-order valence-corrected chi connectivity index (χ4v) is 6.61. The van der Waals surface area contributed by atoms with Crippen LogP contribution in [0.1, 0.15) is 38.5 Å². The number of carbonyl (C=O) groups is 1. The predicted octanol–water partition coefficient (Wildman–Crippen LogP) is 1.63. The number of hydrogen-bond acceptors (Lipinski definition) is 3. The number of carbonyl (C=O) groups excluding carboxylic acids is 1. The van der Waals surface area contributed by atoms with Crippen molar-refractivity contribution < 1.29 is 13.2 Å². The zero-order valence-corrected chi connectivity index (χ0v) is 12.4. The lowest BCUT2D eigenvalue weighted by atomic mass is 9.49. The van der Waals surface area contributed by atoms with E-state index in [0.717, 1.165) is 37.0 Å². The van der Waals surface area contributed by atoms with Crippen LogP contribution in [0.5, 0.6) is 0 Å². The topological polar surface area (TPSA) is 63.2 Å². The van der Waals surface area contributed by atoms with Gasteiger partial charge in [0.25, 0.3) is 0 Å². The molecule has 4 bridgehead atoms. The van der Waals surface area contributed by atoms with Gasteiger partial charge >= 0.3 is 0 Å². The van der Waals surface area contributed by atoms with Gasteiger partial charge in [0.2, 0.25) is 5.91 Å². The summed E-state index contributed by atoms with van der Waals surface area (Å²) in [6, 6.07) is -0.319. The van der Waals surface area contributed by atoms with E-state index in [4.69, 9.17) is 0 Å². The van der Waals surface area contributed by atoms with Gasteiger partial charge in [-0.15, -0.1) is 0 Å². The van der Waals surface area contributed by atoms with Gasteiger partial charge in [-0.1, -0.05) is 0 Å². The molecule has 4 aliphatic carbocycles. The van der Waals surface area contributed by atoms with Gasteiger partial charge < -0.3 is 5.32 Å². The minimum atomic E-state index is -3.09. The van der Waals surface area contributed by atoms with Crippen molar-refractivity contribution >= 4 is 15.7 Å². The highest BCUT2D eigenvalue weighted by Crippen LogP contribution is 2.60. The summed E-state index contributed by atoms with van der Waals surface area (Å²) in [6.07, 6.45) is 8.61. The Labute approximate surface area is 119 Å². The highest BCUT2D eigenvalue weighted by atomic mass is 32.2. The second-order valence-electron chi connectivity index (χ2n) is 7.44. The smallest absolute Gasteiger partial charge is 0.226 e. The van der Waals surface area contributed by atoms with Crippen molar-refractivity contribution in [2.45, 2.75) is 44.6 Å². The number of hydrogen-bond donors (Lipinski definition) is 1. The molecule has 0 aromatic rings. The maximum Gasteiger partial charge on any atom is 0.226 e. The highest BCUT2D eigenvalue weighted by molar-refractivity contribution is 7.94. The molecule has 0 radical (unpaired) electrons. The molecule has 0 saturated heterocycles. The van der Waals surface area contributed by atoms with E-state index in [2.05, 4.69) is 5.32 Å². The van der Waals surface area contributed by atoms with Gasteiger partial charge in [-0.2, -0.15) is 0 Å². The average Bonchev–Trinajstić information content (AvgIpc) is 2.67. The van der Waals surface area contributed by atoms with E-state index in [1.165, 1.54) is 24.7 Å². The van der Waals surface area contributed by atoms with Gasteiger partial charge in [0.15, 0.2) is 9.84 Å². The van der Waals surface area contributed by atoms with Crippen LogP contribution in [0.3, 0.4) is 0 Å². The molecule has 0 spiro atoms. The molecule has 5 rings (SSSR count). The van der Waals surface area contributed by atoms with Crippen molar-refractivity contribution in [3.63, 3.8) is 0 Å². The molecule has 0 unspecified atom stereocenters. The summed E-state index contributed by atoms with van der Waals surface area (Å²) in [7, 11) is -3.09. The van der Waals surface area contributed by atoms with Crippen molar-refractivity contribution in [2.75, 3.05) is 5.75 Å². The Morgan fingerprint density at radius 2 is 1.60 bits per heavy atom. The maximum absolute atomic E-state index is 12.7. The molecule has 1 heterocycles. The fraction of sp³-hybridized carbons (Fsp3) is 0.800. The van der Waals surface area contributed by atoms with Gasteiger partial charge in [0.05, 0.1) is 11.8 Å². The molecule has 5 aliphatic rings. The van der Waals surface area contributed by atoms with Crippen molar-refractivity contribution in [1.29, 1.82) is 0 Å². The fourth-order valence-electron chi connectivity index (χ4n) is 5.38. The van der Waals surface area contributed by atoms with E-state index >= 15 is 0 Å². The van der Waals surface area contributed by atoms with Crippen LogP contribution < -0.4 is 5.32 Å². The number of rotatable bonds is 2. The summed E-state index contributed by atoms with van der Waals surface area (Å²) in [6.45, 7) is 0. The lowest BCUT2D eigenvalue weighted by Gasteiger charge is -2.55. The quantitative estimate of drug-likeness (QED) is 0.842. The Kier molecular flexibility index (Phi) is 2.63. The second kappa shape index (κ2) is 4.09. The van der Waals surface area contributed by atoms with Gasteiger partial charge in [-0.3, -0.25) is 4.79 Å². The molecule has 20 heavy (non-hydrogen) atoms. The first-order valence-electron chi connectivity index (χ1n) is 7.66. The minimum Gasteiger partial charge on any atom is -0.348 e. The Bertz CT molecular complexity index is 543. The van der Waals surface area contributed by atoms with Gasteiger partial charge in [-0.05, 0) is 62.4 Å². The molecule has 1 atom stereocenters. The van der Waals surface area contributed by atoms with Gasteiger partial charge in [-0.25, -0.2) is 8.42 Å². The van der Waals surface area contributed by atoms with E-state index in [-0.39, 0.29) is 23.1 Å². The lowest BCUT2D eigenvalue weighted by Crippen LogP contribution is -2.55. The minimum absolute atomic E-state index is 0.0328. The van der Waals surface area contributed by atoms with Crippen molar-refractivity contribution in [2.24, 2.45) is 23.2 Å². The molecule has 1 N–H and O–H groups in total. The third-order valence-electron chi connectivity index (χ3n) is 5.77. The average molecular weight is 295 g/mol. The van der Waals surface area contributed by atoms with E-state index in [1.807, 2.05) is 0 Å². The summed E-state index contributed by atoms with van der Waals surface area (Å²) >= 11 is 0. The molecule has 4 saturated carbocycles. The Balaban J connectivity index is 1.50. The van der Waals surface area contributed by atoms with E-state index in [0.29, 0.717) is 0 Å². The molecule has 4 nitrogen and oxygen atoms in total. The number of nitrogens with one attached hydrogen (secondary N) is 1. The Morgan fingerprint density at radius 1 is 1.05 bits per heavy atom. The number of sulfone groups is 1. The molecule has 110 valence electrons. The molecule has 1 amide bonds. The maximum atomic E-state index is 12.7. The lowest BCUT2D eigenvalue weighted by molar-refractivity contribution is -0.146. The Hall–Kier alpha value is -0.840. The summed E-state index contributed by atoms with van der Waals surface area (Å²) < 4.78 is 22.9. The van der Waals surface area contributed by atoms with Crippen LogP contribution in [-0.4, -0.2) is 26.1 Å². The van der Waals surface area contributed by atoms with Crippen LogP contribution in [0.4, 0.5) is 0 Å². The summed E-state index contributed by atoms with van der Waals surface area (Å²) in [5.74, 6) is 2.34. The molecule has 4 fully saturated rings. The molecular formula is C15H21NO3S. The highest BCUT2D eigenvalue weighted by Gasteiger charge is 2.54. The largest absolute Gasteiger partial charge is 0.348 e. The SMILES string of the molecule is O=C(N[C@H]1C=CS(=O)(=O)C1)C12CC3CC(CC(C3)C1)C2. The molecule has 0 aromatic carbocycles. The van der Waals surface area contributed by atoms with Crippen LogP contribution in [0.25, 0.3) is 0 Å². The van der Waals surface area contributed by atoms with Gasteiger partial charge in [0, 0.05) is 10.8 Å². The first-order chi connectivity index (χ1) is 9.44. The predicted molar refractivity (Wildman–Crippen MR) is 75.5 cm³/mol. The van der Waals surface area contributed by atoms with Crippen molar-refractivity contribution in [3.05, 3.63) is 11.5 Å². The van der Waals surface area contributed by atoms with Crippen LogP contribution >= 0.6 is 0 Å². The normalized spacial score (nSPS) is 47.6. The first kappa shape index (κ1) is 12.9. The zero-order valence-electron chi connectivity index (χ0n) is 11.5. The van der Waals surface area contributed by atoms with Gasteiger partial charge in [0.1, 0.15) is 0 Å². The first-order valence-corrected chi connectivity index (χ1v) is 9.38. The molecular weight excluding hydrogens is 274 g/mol. The van der Waals surface area contributed by atoms with E-state index < -0.39 is 9.84 Å². The van der Waals surface area contributed by atoms with Crippen molar-refractivity contribution in [1.82, 2.24) is 5.32 Å². The van der Waals surface area contributed by atoms with Crippen LogP contribution in [-0.2, 0) is 14.6 Å². The molecule has 0 aromatic heterocycles. The Morgan fingerprint density at radius 3 is 2.05 bits per heavy atom. The monoisotopic (exact) mass is 295 g/mol. The van der Waals surface area contributed by atoms with E-state index in [1.54, 1.807) is 6.08 Å². The summed E-state index contributed by atoms with van der Waals surface area (Å²) in [4.78, 5) is 12.7. The zero-order chi connectivity index (χ0) is 14.0. The standard InChI is InChI=1S/C15H21NO3S/c17-14(16-13-1-2-20(18,19)9-13)15-6-10-3-11(7-15)5-12(4-10)8-15/h1-2,10-13H,3-9H2,(H,16,17)/t10?,11?,12?,13-,15?/m0/s1. The second-order valence-corrected chi connectivity index (χ2v) is 9.37. The van der Waals surface area contributed by atoms with Crippen LogP contribution in [0.2, 0.25) is 0 Å².